The molecule has 0 bridgehead atoms. The second-order valence-electron chi connectivity index (χ2n) is 6.76. The van der Waals surface area contributed by atoms with Gasteiger partial charge in [0.25, 0.3) is 0 Å². The summed E-state index contributed by atoms with van der Waals surface area (Å²) >= 11 is 0. The number of hydrogen-bond donors (Lipinski definition) is 2. The predicted octanol–water partition coefficient (Wildman–Crippen LogP) is 1.68. The fraction of sp³-hybridized carbons (Fsp3) is 0.550. The van der Waals surface area contributed by atoms with E-state index in [9.17, 15) is 18.8 Å². The van der Waals surface area contributed by atoms with Gasteiger partial charge in [-0.15, -0.1) is 0 Å². The van der Waals surface area contributed by atoms with E-state index in [0.717, 1.165) is 12.0 Å². The average molecular weight is 379 g/mol. The molecule has 0 fully saturated rings. The van der Waals surface area contributed by atoms with Gasteiger partial charge in [-0.25, -0.2) is 4.39 Å². The Bertz CT molecular complexity index is 648. The number of Topliss-reactive ketones (excluding diaryl/α,β-unsaturated/α-hetero) is 1. The monoisotopic (exact) mass is 379 g/mol. The normalized spacial score (nSPS) is 14.1. The highest BCUT2D eigenvalue weighted by atomic mass is 19.1. The molecule has 0 aliphatic rings. The fourth-order valence-electron chi connectivity index (χ4n) is 2.74. The van der Waals surface area contributed by atoms with Crippen molar-refractivity contribution < 1.29 is 18.8 Å². The second kappa shape index (κ2) is 10.8. The molecule has 1 rings (SSSR count). The summed E-state index contributed by atoms with van der Waals surface area (Å²) in [6.45, 7) is 5.01. The second-order valence-corrected chi connectivity index (χ2v) is 6.76. The number of carbonyl (C=O) groups excluding carboxylic acids is 3. The van der Waals surface area contributed by atoms with Gasteiger partial charge in [-0.2, -0.15) is 0 Å². The first-order valence-electron chi connectivity index (χ1n) is 9.20. The van der Waals surface area contributed by atoms with Gasteiger partial charge < -0.3 is 15.5 Å². The van der Waals surface area contributed by atoms with E-state index in [4.69, 9.17) is 0 Å². The zero-order valence-electron chi connectivity index (χ0n) is 16.7. The van der Waals surface area contributed by atoms with Crippen LogP contribution in [0.15, 0.2) is 24.3 Å². The Morgan fingerprint density at radius 1 is 1.15 bits per heavy atom. The van der Waals surface area contributed by atoms with Gasteiger partial charge in [-0.05, 0) is 51.4 Å². The van der Waals surface area contributed by atoms with E-state index in [2.05, 4.69) is 10.6 Å². The summed E-state index contributed by atoms with van der Waals surface area (Å²) in [4.78, 5) is 38.4. The molecule has 2 amide bonds. The third-order valence-electron chi connectivity index (χ3n) is 4.69. The summed E-state index contributed by atoms with van der Waals surface area (Å²) in [5.74, 6) is -1.13. The van der Waals surface area contributed by atoms with Crippen molar-refractivity contribution in [2.24, 2.45) is 0 Å². The molecular formula is C20H30FN3O3. The van der Waals surface area contributed by atoms with E-state index in [1.165, 1.54) is 24.0 Å². The minimum Gasteiger partial charge on any atom is -0.344 e. The molecule has 2 N–H and O–H groups in total. The third kappa shape index (κ3) is 6.75. The van der Waals surface area contributed by atoms with Gasteiger partial charge in [-0.1, -0.05) is 25.5 Å². The van der Waals surface area contributed by atoms with Crippen molar-refractivity contribution in [1.82, 2.24) is 15.5 Å². The van der Waals surface area contributed by atoms with E-state index in [1.807, 2.05) is 6.92 Å². The first kappa shape index (κ1) is 22.8. The number of nitrogens with zero attached hydrogens (tertiary/aromatic N) is 1. The lowest BCUT2D eigenvalue weighted by molar-refractivity contribution is -0.140. The van der Waals surface area contributed by atoms with Crippen LogP contribution >= 0.6 is 0 Å². The van der Waals surface area contributed by atoms with Crippen molar-refractivity contribution in [3.8, 4) is 0 Å². The molecular weight excluding hydrogens is 349 g/mol. The molecule has 0 heterocycles. The number of hydrogen-bond acceptors (Lipinski definition) is 4. The maximum atomic E-state index is 13.0. The van der Waals surface area contributed by atoms with Crippen LogP contribution in [0.1, 0.15) is 39.2 Å². The maximum absolute atomic E-state index is 13.0. The maximum Gasteiger partial charge on any atom is 0.243 e. The largest absolute Gasteiger partial charge is 0.344 e. The van der Waals surface area contributed by atoms with E-state index >= 15 is 0 Å². The van der Waals surface area contributed by atoms with Crippen molar-refractivity contribution in [3.63, 3.8) is 0 Å². The lowest BCUT2D eigenvalue weighted by atomic mass is 10.0. The minimum absolute atomic E-state index is 0.167. The molecule has 0 saturated heterocycles. The molecule has 0 radical (unpaired) electrons. The van der Waals surface area contributed by atoms with Gasteiger partial charge in [0.1, 0.15) is 11.9 Å². The highest BCUT2D eigenvalue weighted by Gasteiger charge is 2.29. The van der Waals surface area contributed by atoms with Gasteiger partial charge in [0.05, 0.1) is 12.1 Å². The predicted molar refractivity (Wildman–Crippen MR) is 103 cm³/mol. The van der Waals surface area contributed by atoms with Gasteiger partial charge in [-0.3, -0.25) is 14.4 Å². The molecule has 0 aromatic heterocycles. The number of carbonyl (C=O) groups is 3. The zero-order valence-corrected chi connectivity index (χ0v) is 16.7. The molecule has 0 aliphatic heterocycles. The summed E-state index contributed by atoms with van der Waals surface area (Å²) in [7, 11) is 3.29. The van der Waals surface area contributed by atoms with Crippen molar-refractivity contribution in [1.29, 1.82) is 0 Å². The molecule has 150 valence electrons. The van der Waals surface area contributed by atoms with Crippen LogP contribution in [0.5, 0.6) is 0 Å². The Labute approximate surface area is 160 Å². The topological polar surface area (TPSA) is 78.5 Å². The van der Waals surface area contributed by atoms with Crippen LogP contribution in [-0.2, 0) is 20.8 Å². The number of amides is 2. The Kier molecular flexibility index (Phi) is 9.08. The number of halogens is 1. The van der Waals surface area contributed by atoms with Crippen LogP contribution in [0.2, 0.25) is 0 Å². The highest BCUT2D eigenvalue weighted by Crippen LogP contribution is 2.09. The summed E-state index contributed by atoms with van der Waals surface area (Å²) < 4.78 is 13.0. The number of likely N-dealkylation sites (N-methyl/N-ethyl adjacent to an activating group) is 2. The van der Waals surface area contributed by atoms with Crippen LogP contribution in [-0.4, -0.2) is 54.7 Å². The van der Waals surface area contributed by atoms with Gasteiger partial charge in [0.2, 0.25) is 11.8 Å². The molecule has 27 heavy (non-hydrogen) atoms. The fourth-order valence-corrected chi connectivity index (χ4v) is 2.74. The van der Waals surface area contributed by atoms with Crippen LogP contribution in [0.3, 0.4) is 0 Å². The molecule has 7 heteroatoms. The van der Waals surface area contributed by atoms with Crippen LogP contribution < -0.4 is 10.6 Å². The Hall–Kier alpha value is -2.28. The number of nitrogens with one attached hydrogen (secondary N) is 2. The standard InChI is InChI=1S/C20H30FN3O3/c1-6-7-17(22-4)20(27)24(5)13(2)19(26)23-18(14(3)25)12-15-8-10-16(21)11-9-15/h8-11,13,17-18,22H,6-7,12H2,1-5H3,(H,23,26)/t13-,17+,18-/m1/s1. The number of ketones is 1. The lowest BCUT2D eigenvalue weighted by Gasteiger charge is -2.29. The minimum atomic E-state index is -0.732. The summed E-state index contributed by atoms with van der Waals surface area (Å²) in [6, 6.07) is 3.99. The van der Waals surface area contributed by atoms with Crippen LogP contribution in [0.4, 0.5) is 4.39 Å². The van der Waals surface area contributed by atoms with Crippen molar-refractivity contribution in [2.45, 2.75) is 58.2 Å². The van der Waals surface area contributed by atoms with Crippen molar-refractivity contribution >= 4 is 17.6 Å². The van der Waals surface area contributed by atoms with Gasteiger partial charge >= 0.3 is 0 Å². The van der Waals surface area contributed by atoms with E-state index < -0.39 is 18.0 Å². The summed E-state index contributed by atoms with van der Waals surface area (Å²) in [5, 5.41) is 5.67. The highest BCUT2D eigenvalue weighted by molar-refractivity contribution is 5.92. The van der Waals surface area contributed by atoms with Crippen LogP contribution in [0.25, 0.3) is 0 Å². The smallest absolute Gasteiger partial charge is 0.243 e. The van der Waals surface area contributed by atoms with Gasteiger partial charge in [0, 0.05) is 7.05 Å². The summed E-state index contributed by atoms with van der Waals surface area (Å²) in [6.07, 6.45) is 1.78. The quantitative estimate of drug-likeness (QED) is 0.648. The van der Waals surface area contributed by atoms with E-state index in [-0.39, 0.29) is 30.0 Å². The molecule has 0 unspecified atom stereocenters. The molecule has 1 aromatic carbocycles. The SMILES string of the molecule is CCC[C@H](NC)C(=O)N(C)[C@H](C)C(=O)N[C@H](Cc1ccc(F)cc1)C(C)=O. The number of benzene rings is 1. The Morgan fingerprint density at radius 2 is 1.74 bits per heavy atom. The zero-order chi connectivity index (χ0) is 20.6. The first-order chi connectivity index (χ1) is 12.7. The molecule has 3 atom stereocenters. The molecule has 1 aromatic rings. The molecule has 0 saturated carbocycles. The molecule has 0 aliphatic carbocycles. The first-order valence-corrected chi connectivity index (χ1v) is 9.20. The van der Waals surface area contributed by atoms with Crippen molar-refractivity contribution in [2.75, 3.05) is 14.1 Å². The van der Waals surface area contributed by atoms with E-state index in [1.54, 1.807) is 33.2 Å². The van der Waals surface area contributed by atoms with E-state index in [0.29, 0.717) is 6.42 Å². The average Bonchev–Trinajstić information content (AvgIpc) is 2.65. The van der Waals surface area contributed by atoms with Gasteiger partial charge in [0.15, 0.2) is 5.78 Å². The summed E-state index contributed by atoms with van der Waals surface area (Å²) in [5.41, 5.74) is 0.743. The third-order valence-corrected chi connectivity index (χ3v) is 4.69. The van der Waals surface area contributed by atoms with Crippen LogP contribution in [0, 0.1) is 5.82 Å². The van der Waals surface area contributed by atoms with Crippen molar-refractivity contribution in [3.05, 3.63) is 35.6 Å². The lowest BCUT2D eigenvalue weighted by Crippen LogP contribution is -2.54. The molecule has 0 spiro atoms. The number of rotatable bonds is 10. The Balaban J connectivity index is 2.78. The molecule has 6 nitrogen and oxygen atoms in total. The Morgan fingerprint density at radius 3 is 2.22 bits per heavy atom.